The fourth-order valence-electron chi connectivity index (χ4n) is 1.37. The molecule has 0 bridgehead atoms. The molecule has 0 aromatic heterocycles. The number of nitro benzene ring substituents is 1. The molecule has 0 spiro atoms. The predicted octanol–water partition coefficient (Wildman–Crippen LogP) is 0.991. The van der Waals surface area contributed by atoms with E-state index in [1.54, 1.807) is 12.1 Å². The van der Waals surface area contributed by atoms with E-state index in [9.17, 15) is 14.9 Å². The molecule has 0 heterocycles. The van der Waals surface area contributed by atoms with Crippen LogP contribution in [-0.4, -0.2) is 23.4 Å². The monoisotopic (exact) mass is 251 g/mol. The van der Waals surface area contributed by atoms with Crippen LogP contribution in [0.1, 0.15) is 18.9 Å². The third-order valence-electron chi connectivity index (χ3n) is 2.60. The number of carbonyl (C=O) groups excluding carboxylic acids is 1. The number of nitro groups is 1. The molecule has 1 amide bonds. The number of rotatable bonds is 6. The van der Waals surface area contributed by atoms with Crippen molar-refractivity contribution < 1.29 is 9.72 Å². The lowest BCUT2D eigenvalue weighted by Crippen LogP contribution is -2.37. The van der Waals surface area contributed by atoms with Gasteiger partial charge in [-0.1, -0.05) is 19.1 Å². The predicted molar refractivity (Wildman–Crippen MR) is 68.1 cm³/mol. The van der Waals surface area contributed by atoms with Crippen molar-refractivity contribution in [3.05, 3.63) is 39.9 Å². The summed E-state index contributed by atoms with van der Waals surface area (Å²) in [6.07, 6.45) is 1.01. The quantitative estimate of drug-likeness (QED) is 0.581. The molecular formula is C12H17N3O3. The third-order valence-corrected chi connectivity index (χ3v) is 2.60. The Hall–Kier alpha value is -1.95. The summed E-state index contributed by atoms with van der Waals surface area (Å²) >= 11 is 0. The summed E-state index contributed by atoms with van der Waals surface area (Å²) in [6.45, 7) is 2.40. The van der Waals surface area contributed by atoms with E-state index in [2.05, 4.69) is 5.32 Å². The molecule has 1 aromatic carbocycles. The molecule has 6 heteroatoms. The van der Waals surface area contributed by atoms with Gasteiger partial charge in [0.2, 0.25) is 5.91 Å². The number of hydrogen-bond acceptors (Lipinski definition) is 4. The van der Waals surface area contributed by atoms with Gasteiger partial charge in [0.15, 0.2) is 0 Å². The van der Waals surface area contributed by atoms with Gasteiger partial charge in [-0.05, 0) is 12.0 Å². The summed E-state index contributed by atoms with van der Waals surface area (Å²) in [5, 5.41) is 13.2. The highest BCUT2D eigenvalue weighted by molar-refractivity contribution is 5.78. The summed E-state index contributed by atoms with van der Waals surface area (Å²) in [6, 6.07) is 5.90. The van der Waals surface area contributed by atoms with Gasteiger partial charge < -0.3 is 11.1 Å². The van der Waals surface area contributed by atoms with Crippen LogP contribution in [0.25, 0.3) is 0 Å². The Morgan fingerprint density at radius 3 is 2.56 bits per heavy atom. The Kier molecular flexibility index (Phi) is 5.26. The van der Waals surface area contributed by atoms with Gasteiger partial charge in [-0.2, -0.15) is 0 Å². The van der Waals surface area contributed by atoms with Crippen molar-refractivity contribution in [2.75, 3.05) is 6.54 Å². The molecule has 98 valence electrons. The summed E-state index contributed by atoms with van der Waals surface area (Å²) < 4.78 is 0. The van der Waals surface area contributed by atoms with Crippen LogP contribution in [-0.2, 0) is 11.2 Å². The van der Waals surface area contributed by atoms with Gasteiger partial charge >= 0.3 is 0 Å². The Balaban J connectivity index is 2.47. The minimum absolute atomic E-state index is 0.0205. The first kappa shape index (κ1) is 14.1. The molecule has 1 rings (SSSR count). The zero-order valence-corrected chi connectivity index (χ0v) is 10.3. The van der Waals surface area contributed by atoms with Crippen molar-refractivity contribution in [1.82, 2.24) is 5.32 Å². The molecule has 0 saturated heterocycles. The highest BCUT2D eigenvalue weighted by Crippen LogP contribution is 2.12. The topological polar surface area (TPSA) is 98.3 Å². The summed E-state index contributed by atoms with van der Waals surface area (Å²) in [5.41, 5.74) is 6.44. The molecule has 0 aliphatic carbocycles. The summed E-state index contributed by atoms with van der Waals surface area (Å²) in [5.74, 6) is -0.132. The lowest BCUT2D eigenvalue weighted by molar-refractivity contribution is -0.384. The van der Waals surface area contributed by atoms with Gasteiger partial charge in [0.25, 0.3) is 5.69 Å². The third kappa shape index (κ3) is 4.50. The molecule has 6 nitrogen and oxygen atoms in total. The second-order valence-corrected chi connectivity index (χ2v) is 4.07. The average molecular weight is 251 g/mol. The van der Waals surface area contributed by atoms with Crippen molar-refractivity contribution in [2.45, 2.75) is 25.8 Å². The number of benzene rings is 1. The number of hydrogen-bond donors (Lipinski definition) is 2. The normalized spacial score (nSPS) is 11.9. The number of carbonyl (C=O) groups is 1. The van der Waals surface area contributed by atoms with E-state index in [-0.39, 0.29) is 24.1 Å². The number of non-ortho nitro benzene ring substituents is 1. The van der Waals surface area contributed by atoms with Crippen LogP contribution in [0.3, 0.4) is 0 Å². The number of nitrogens with one attached hydrogen (secondary N) is 1. The van der Waals surface area contributed by atoms with Crippen LogP contribution in [0.2, 0.25) is 0 Å². The van der Waals surface area contributed by atoms with Crippen molar-refractivity contribution in [3.63, 3.8) is 0 Å². The molecule has 3 N–H and O–H groups in total. The lowest BCUT2D eigenvalue weighted by Gasteiger charge is -2.10. The Morgan fingerprint density at radius 1 is 1.44 bits per heavy atom. The first-order valence-electron chi connectivity index (χ1n) is 5.78. The van der Waals surface area contributed by atoms with E-state index >= 15 is 0 Å². The van der Waals surface area contributed by atoms with Crippen LogP contribution in [0.15, 0.2) is 24.3 Å². The number of amides is 1. The van der Waals surface area contributed by atoms with E-state index in [1.807, 2.05) is 6.92 Å². The molecule has 0 saturated carbocycles. The molecule has 0 aliphatic rings. The highest BCUT2D eigenvalue weighted by Gasteiger charge is 2.08. The van der Waals surface area contributed by atoms with Gasteiger partial charge in [0.1, 0.15) is 0 Å². The van der Waals surface area contributed by atoms with Crippen LogP contribution in [0, 0.1) is 10.1 Å². The highest BCUT2D eigenvalue weighted by atomic mass is 16.6. The average Bonchev–Trinajstić information content (AvgIpc) is 2.36. The van der Waals surface area contributed by atoms with Crippen LogP contribution in [0.5, 0.6) is 0 Å². The Morgan fingerprint density at radius 2 is 2.06 bits per heavy atom. The molecule has 1 unspecified atom stereocenters. The molecule has 0 radical (unpaired) electrons. The first-order valence-corrected chi connectivity index (χ1v) is 5.78. The van der Waals surface area contributed by atoms with Crippen molar-refractivity contribution in [3.8, 4) is 0 Å². The zero-order valence-electron chi connectivity index (χ0n) is 10.3. The first-order chi connectivity index (χ1) is 8.52. The molecule has 0 aliphatic heterocycles. The maximum absolute atomic E-state index is 11.6. The van der Waals surface area contributed by atoms with Crippen LogP contribution >= 0.6 is 0 Å². The molecule has 18 heavy (non-hydrogen) atoms. The van der Waals surface area contributed by atoms with Gasteiger partial charge in [-0.25, -0.2) is 0 Å². The van der Waals surface area contributed by atoms with Gasteiger partial charge in [0, 0.05) is 24.7 Å². The summed E-state index contributed by atoms with van der Waals surface area (Å²) in [4.78, 5) is 21.5. The van der Waals surface area contributed by atoms with E-state index in [1.165, 1.54) is 12.1 Å². The lowest BCUT2D eigenvalue weighted by atomic mass is 10.1. The Labute approximate surface area is 105 Å². The molecule has 1 atom stereocenters. The minimum Gasteiger partial charge on any atom is -0.354 e. The SMILES string of the molecule is CCC(N)CNC(=O)Cc1ccc([N+](=O)[O-])cc1. The van der Waals surface area contributed by atoms with Crippen molar-refractivity contribution in [2.24, 2.45) is 5.73 Å². The maximum atomic E-state index is 11.6. The number of nitrogens with two attached hydrogens (primary N) is 1. The van der Waals surface area contributed by atoms with Gasteiger partial charge in [-0.15, -0.1) is 0 Å². The van der Waals surface area contributed by atoms with Crippen molar-refractivity contribution >= 4 is 11.6 Å². The van der Waals surface area contributed by atoms with E-state index in [0.29, 0.717) is 6.54 Å². The van der Waals surface area contributed by atoms with Crippen molar-refractivity contribution in [1.29, 1.82) is 0 Å². The number of nitrogens with zero attached hydrogens (tertiary/aromatic N) is 1. The minimum atomic E-state index is -0.468. The van der Waals surface area contributed by atoms with E-state index < -0.39 is 4.92 Å². The van der Waals surface area contributed by atoms with Gasteiger partial charge in [0.05, 0.1) is 11.3 Å². The van der Waals surface area contributed by atoms with Crippen LogP contribution < -0.4 is 11.1 Å². The van der Waals surface area contributed by atoms with E-state index in [0.717, 1.165) is 12.0 Å². The fraction of sp³-hybridized carbons (Fsp3) is 0.417. The maximum Gasteiger partial charge on any atom is 0.269 e. The second kappa shape index (κ2) is 6.70. The fourth-order valence-corrected chi connectivity index (χ4v) is 1.37. The zero-order chi connectivity index (χ0) is 13.5. The van der Waals surface area contributed by atoms with Gasteiger partial charge in [-0.3, -0.25) is 14.9 Å². The second-order valence-electron chi connectivity index (χ2n) is 4.07. The Bertz CT molecular complexity index is 417. The summed E-state index contributed by atoms with van der Waals surface area (Å²) in [7, 11) is 0. The molecular weight excluding hydrogens is 234 g/mol. The van der Waals surface area contributed by atoms with E-state index in [4.69, 9.17) is 5.73 Å². The molecule has 0 fully saturated rings. The van der Waals surface area contributed by atoms with Crippen LogP contribution in [0.4, 0.5) is 5.69 Å². The standard InChI is InChI=1S/C12H17N3O3/c1-2-10(13)8-14-12(16)7-9-3-5-11(6-4-9)15(17)18/h3-6,10H,2,7-8,13H2,1H3,(H,14,16). The largest absolute Gasteiger partial charge is 0.354 e. The smallest absolute Gasteiger partial charge is 0.269 e. The molecule has 1 aromatic rings.